The Balaban J connectivity index is 1.48. The quantitative estimate of drug-likeness (QED) is 0.513. The summed E-state index contributed by atoms with van der Waals surface area (Å²) < 4.78 is 29.3. The van der Waals surface area contributed by atoms with Crippen LogP contribution in [0.2, 0.25) is 0 Å². The van der Waals surface area contributed by atoms with Gasteiger partial charge in [0, 0.05) is 11.3 Å². The van der Waals surface area contributed by atoms with Crippen molar-refractivity contribution in [1.29, 1.82) is 0 Å². The average Bonchev–Trinajstić information content (AvgIpc) is 2.85. The van der Waals surface area contributed by atoms with E-state index in [2.05, 4.69) is 5.32 Å². The number of carbonyl (C=O) groups excluding carboxylic acids is 3. The van der Waals surface area contributed by atoms with E-state index >= 15 is 0 Å². The van der Waals surface area contributed by atoms with Gasteiger partial charge in [-0.25, -0.2) is 4.39 Å². The summed E-state index contributed by atoms with van der Waals surface area (Å²) in [5, 5.41) is 2.62. The number of carbonyl (C=O) groups is 3. The number of hydrogen-bond acceptors (Lipinski definition) is 6. The van der Waals surface area contributed by atoms with Gasteiger partial charge in [0.1, 0.15) is 18.1 Å². The van der Waals surface area contributed by atoms with Crippen LogP contribution in [0.15, 0.2) is 66.7 Å². The third-order valence-electron chi connectivity index (χ3n) is 5.08. The highest BCUT2D eigenvalue weighted by atomic mass is 19.1. The number of nitrogens with one attached hydrogen (secondary N) is 1. The van der Waals surface area contributed by atoms with Crippen LogP contribution in [0.3, 0.4) is 0 Å². The number of nitrogens with zero attached hydrogens (tertiary/aromatic N) is 1. The number of ether oxygens (including phenoxy) is 3. The van der Waals surface area contributed by atoms with Gasteiger partial charge in [0.2, 0.25) is 5.91 Å². The molecule has 174 valence electrons. The zero-order valence-electron chi connectivity index (χ0n) is 18.2. The predicted octanol–water partition coefficient (Wildman–Crippen LogP) is 3.46. The number of para-hydroxylation sites is 2. The van der Waals surface area contributed by atoms with Crippen molar-refractivity contribution < 1.29 is 33.0 Å². The van der Waals surface area contributed by atoms with Crippen molar-refractivity contribution in [3.63, 3.8) is 0 Å². The number of hydrogen-bond donors (Lipinski definition) is 1. The second-order valence-corrected chi connectivity index (χ2v) is 7.37. The molecule has 1 aliphatic heterocycles. The van der Waals surface area contributed by atoms with Crippen LogP contribution in [0.1, 0.15) is 10.4 Å². The van der Waals surface area contributed by atoms with Crippen molar-refractivity contribution in [3.05, 3.63) is 78.1 Å². The molecule has 4 rings (SSSR count). The van der Waals surface area contributed by atoms with Crippen LogP contribution in [0.25, 0.3) is 0 Å². The Labute approximate surface area is 194 Å². The van der Waals surface area contributed by atoms with E-state index in [9.17, 15) is 18.8 Å². The van der Waals surface area contributed by atoms with E-state index in [0.29, 0.717) is 28.6 Å². The fourth-order valence-corrected chi connectivity index (χ4v) is 3.39. The van der Waals surface area contributed by atoms with Crippen LogP contribution in [0.5, 0.6) is 17.2 Å². The summed E-state index contributed by atoms with van der Waals surface area (Å²) in [4.78, 5) is 39.0. The molecule has 3 aromatic carbocycles. The van der Waals surface area contributed by atoms with Crippen LogP contribution in [-0.2, 0) is 9.59 Å². The van der Waals surface area contributed by atoms with E-state index in [1.54, 1.807) is 36.4 Å². The summed E-state index contributed by atoms with van der Waals surface area (Å²) in [6.45, 7) is -0.790. The Hall–Kier alpha value is -4.40. The molecule has 0 aromatic heterocycles. The summed E-state index contributed by atoms with van der Waals surface area (Å²) in [6.07, 6.45) is 0. The number of amides is 2. The maximum absolute atomic E-state index is 13.1. The van der Waals surface area contributed by atoms with Gasteiger partial charge in [0.05, 0.1) is 12.8 Å². The van der Waals surface area contributed by atoms with Gasteiger partial charge in [-0.15, -0.1) is 0 Å². The Kier molecular flexibility index (Phi) is 6.72. The fraction of sp³-hybridized carbons (Fsp3) is 0.160. The third kappa shape index (κ3) is 5.15. The number of ketones is 1. The van der Waals surface area contributed by atoms with E-state index in [0.717, 1.165) is 0 Å². The summed E-state index contributed by atoms with van der Waals surface area (Å²) in [7, 11) is 1.51. The first-order chi connectivity index (χ1) is 16.4. The Morgan fingerprint density at radius 3 is 2.53 bits per heavy atom. The topological polar surface area (TPSA) is 94.2 Å². The predicted molar refractivity (Wildman–Crippen MR) is 122 cm³/mol. The lowest BCUT2D eigenvalue weighted by atomic mass is 10.1. The second-order valence-electron chi connectivity index (χ2n) is 7.37. The summed E-state index contributed by atoms with van der Waals surface area (Å²) >= 11 is 0. The second kappa shape index (κ2) is 10.0. The zero-order valence-corrected chi connectivity index (χ0v) is 18.2. The molecule has 0 fully saturated rings. The molecule has 34 heavy (non-hydrogen) atoms. The fourth-order valence-electron chi connectivity index (χ4n) is 3.39. The molecule has 0 bridgehead atoms. The van der Waals surface area contributed by atoms with Crippen molar-refractivity contribution in [3.8, 4) is 17.2 Å². The largest absolute Gasteiger partial charge is 0.493 e. The first-order valence-corrected chi connectivity index (χ1v) is 10.4. The number of fused-ring (bicyclic) bond motifs is 1. The minimum absolute atomic E-state index is 0.235. The van der Waals surface area contributed by atoms with Crippen molar-refractivity contribution in [2.24, 2.45) is 0 Å². The number of rotatable bonds is 8. The van der Waals surface area contributed by atoms with Gasteiger partial charge in [-0.2, -0.15) is 0 Å². The number of Topliss-reactive ketones (excluding diaryl/α,β-unsaturated/α-hetero) is 1. The maximum Gasteiger partial charge on any atom is 0.265 e. The lowest BCUT2D eigenvalue weighted by molar-refractivity contribution is -0.123. The highest BCUT2D eigenvalue weighted by molar-refractivity contribution is 6.06. The van der Waals surface area contributed by atoms with E-state index in [-0.39, 0.29) is 31.1 Å². The van der Waals surface area contributed by atoms with Gasteiger partial charge in [-0.05, 0) is 54.6 Å². The summed E-state index contributed by atoms with van der Waals surface area (Å²) in [5.74, 6) is -0.381. The molecule has 3 aromatic rings. The Bertz CT molecular complexity index is 1230. The normalized spacial score (nSPS) is 12.4. The van der Waals surface area contributed by atoms with Crippen LogP contribution in [0.4, 0.5) is 15.8 Å². The van der Waals surface area contributed by atoms with E-state index < -0.39 is 17.6 Å². The molecule has 0 unspecified atom stereocenters. The number of benzene rings is 3. The van der Waals surface area contributed by atoms with Crippen LogP contribution in [0, 0.1) is 5.82 Å². The van der Waals surface area contributed by atoms with Crippen molar-refractivity contribution >= 4 is 29.0 Å². The van der Waals surface area contributed by atoms with Gasteiger partial charge >= 0.3 is 0 Å². The van der Waals surface area contributed by atoms with Crippen LogP contribution in [-0.4, -0.2) is 44.5 Å². The maximum atomic E-state index is 13.1. The highest BCUT2D eigenvalue weighted by Crippen LogP contribution is 2.33. The molecule has 0 radical (unpaired) electrons. The van der Waals surface area contributed by atoms with E-state index in [4.69, 9.17) is 14.2 Å². The van der Waals surface area contributed by atoms with Gasteiger partial charge in [0.15, 0.2) is 30.5 Å². The number of anilines is 2. The Morgan fingerprint density at radius 2 is 1.79 bits per heavy atom. The van der Waals surface area contributed by atoms with Gasteiger partial charge in [-0.3, -0.25) is 19.3 Å². The lowest BCUT2D eigenvalue weighted by Gasteiger charge is -2.29. The molecule has 9 heteroatoms. The standard InChI is InChI=1S/C25H21FN2O6/c1-32-22-4-2-3-5-23(22)33-14-20(29)16-6-11-21-19(12-16)28(25(31)15-34-21)13-24(30)27-18-9-7-17(26)8-10-18/h2-12H,13-15H2,1H3,(H,27,30). The molecule has 1 heterocycles. The minimum atomic E-state index is -0.482. The molecule has 1 aliphatic rings. The van der Waals surface area contributed by atoms with Crippen LogP contribution < -0.4 is 24.4 Å². The van der Waals surface area contributed by atoms with Crippen LogP contribution >= 0.6 is 0 Å². The van der Waals surface area contributed by atoms with Gasteiger partial charge < -0.3 is 19.5 Å². The summed E-state index contributed by atoms with van der Waals surface area (Å²) in [5.41, 5.74) is 0.981. The Morgan fingerprint density at radius 1 is 1.06 bits per heavy atom. The minimum Gasteiger partial charge on any atom is -0.493 e. The van der Waals surface area contributed by atoms with Crippen molar-refractivity contribution in [2.45, 2.75) is 0 Å². The average molecular weight is 464 g/mol. The molecule has 0 aliphatic carbocycles. The molecular weight excluding hydrogens is 443 g/mol. The van der Waals surface area contributed by atoms with E-state index in [1.807, 2.05) is 0 Å². The molecule has 1 N–H and O–H groups in total. The molecule has 0 atom stereocenters. The smallest absolute Gasteiger partial charge is 0.265 e. The van der Waals surface area contributed by atoms with E-state index in [1.165, 1.54) is 42.3 Å². The van der Waals surface area contributed by atoms with Gasteiger partial charge in [0.25, 0.3) is 5.91 Å². The molecule has 2 amide bonds. The monoisotopic (exact) mass is 464 g/mol. The first kappa shape index (κ1) is 22.8. The molecular formula is C25H21FN2O6. The number of methoxy groups -OCH3 is 1. The lowest BCUT2D eigenvalue weighted by Crippen LogP contribution is -2.43. The highest BCUT2D eigenvalue weighted by Gasteiger charge is 2.28. The molecule has 0 spiro atoms. The van der Waals surface area contributed by atoms with Crippen molar-refractivity contribution in [2.75, 3.05) is 37.1 Å². The van der Waals surface area contributed by atoms with Gasteiger partial charge in [-0.1, -0.05) is 12.1 Å². The summed E-state index contributed by atoms with van der Waals surface area (Å²) in [6, 6.07) is 16.9. The third-order valence-corrected chi connectivity index (χ3v) is 5.08. The van der Waals surface area contributed by atoms with Crippen molar-refractivity contribution in [1.82, 2.24) is 0 Å². The SMILES string of the molecule is COc1ccccc1OCC(=O)c1ccc2c(c1)N(CC(=O)Nc1ccc(F)cc1)C(=O)CO2. The molecule has 0 saturated carbocycles. The molecule has 0 saturated heterocycles. The molecule has 8 nitrogen and oxygen atoms in total. The zero-order chi connectivity index (χ0) is 24.1. The first-order valence-electron chi connectivity index (χ1n) is 10.4. The number of halogens is 1.